The van der Waals surface area contributed by atoms with Crippen LogP contribution in [0.3, 0.4) is 0 Å². The number of anilines is 1. The first kappa shape index (κ1) is 20.7. The van der Waals surface area contributed by atoms with Crippen LogP contribution < -0.4 is 10.2 Å². The third-order valence-corrected chi connectivity index (χ3v) is 5.10. The number of hydrazone groups is 1. The first-order valence-electron chi connectivity index (χ1n) is 8.41. The topological polar surface area (TPSA) is 90.6 Å². The molecule has 3 aromatic rings. The van der Waals surface area contributed by atoms with Crippen LogP contribution in [0.15, 0.2) is 58.8 Å². The van der Waals surface area contributed by atoms with Crippen LogP contribution in [0, 0.1) is 0 Å². The number of aromatic nitrogens is 3. The number of methoxy groups -OCH3 is 2. The summed E-state index contributed by atoms with van der Waals surface area (Å²) in [5.41, 5.74) is 4.35. The molecule has 0 saturated carbocycles. The van der Waals surface area contributed by atoms with Gasteiger partial charge in [0.1, 0.15) is 5.75 Å². The molecule has 0 amide bonds. The summed E-state index contributed by atoms with van der Waals surface area (Å²) in [4.78, 5) is 12.1. The number of hydrogen-bond acceptors (Lipinski definition) is 8. The first-order valence-corrected chi connectivity index (χ1v) is 9.60. The van der Waals surface area contributed by atoms with E-state index in [9.17, 15) is 4.79 Å². The predicted molar refractivity (Wildman–Crippen MR) is 113 cm³/mol. The molecular formula is C19H18ClN5O3S. The summed E-state index contributed by atoms with van der Waals surface area (Å²) in [5.74, 6) is 0.800. The summed E-state index contributed by atoms with van der Waals surface area (Å²) in [7, 11) is 4.71. The standard InChI is InChI=1S/C19H18ClN5O3S/c1-25-16(12-4-10-15(27-2)11-5-12)22-24-19(25)29-17(18(26)28-3)23-21-14-8-6-13(20)7-9-14/h4-11,21H,1-3H3. The van der Waals surface area contributed by atoms with E-state index in [1.807, 2.05) is 31.3 Å². The summed E-state index contributed by atoms with van der Waals surface area (Å²) in [6.45, 7) is 0. The van der Waals surface area contributed by atoms with Crippen molar-refractivity contribution < 1.29 is 14.3 Å². The molecule has 1 N–H and O–H groups in total. The second-order valence-corrected chi connectivity index (χ2v) is 7.12. The van der Waals surface area contributed by atoms with Gasteiger partial charge in [-0.25, -0.2) is 4.79 Å². The predicted octanol–water partition coefficient (Wildman–Crippen LogP) is 3.83. The molecule has 0 aliphatic heterocycles. The van der Waals surface area contributed by atoms with Gasteiger partial charge in [-0.2, -0.15) is 5.10 Å². The summed E-state index contributed by atoms with van der Waals surface area (Å²) in [6, 6.07) is 14.4. The third-order valence-electron chi connectivity index (χ3n) is 3.86. The van der Waals surface area contributed by atoms with Crippen LogP contribution in [-0.2, 0) is 16.6 Å². The molecule has 29 heavy (non-hydrogen) atoms. The number of esters is 1. The number of hydrogen-bond donors (Lipinski definition) is 1. The maximum Gasteiger partial charge on any atom is 0.365 e. The number of rotatable bonds is 5. The summed E-state index contributed by atoms with van der Waals surface area (Å²) < 4.78 is 11.8. The second-order valence-electron chi connectivity index (χ2n) is 5.72. The van der Waals surface area contributed by atoms with Gasteiger partial charge >= 0.3 is 5.97 Å². The zero-order valence-corrected chi connectivity index (χ0v) is 17.5. The van der Waals surface area contributed by atoms with Gasteiger partial charge in [0.2, 0.25) is 5.04 Å². The van der Waals surface area contributed by atoms with E-state index in [1.54, 1.807) is 35.9 Å². The minimum Gasteiger partial charge on any atom is -0.497 e. The number of halogens is 1. The molecule has 0 saturated heterocycles. The molecule has 1 heterocycles. The number of nitrogens with one attached hydrogen (secondary N) is 1. The van der Waals surface area contributed by atoms with Crippen molar-refractivity contribution in [1.29, 1.82) is 0 Å². The van der Waals surface area contributed by atoms with E-state index in [-0.39, 0.29) is 5.04 Å². The lowest BCUT2D eigenvalue weighted by Gasteiger charge is -2.07. The van der Waals surface area contributed by atoms with Gasteiger partial charge in [-0.1, -0.05) is 11.6 Å². The molecule has 8 nitrogen and oxygen atoms in total. The third kappa shape index (κ3) is 5.07. The second kappa shape index (κ2) is 9.44. The van der Waals surface area contributed by atoms with E-state index in [2.05, 4.69) is 20.7 Å². The molecule has 0 radical (unpaired) electrons. The largest absolute Gasteiger partial charge is 0.497 e. The summed E-state index contributed by atoms with van der Waals surface area (Å²) >= 11 is 6.92. The normalized spacial score (nSPS) is 11.2. The smallest absolute Gasteiger partial charge is 0.365 e. The highest BCUT2D eigenvalue weighted by molar-refractivity contribution is 8.15. The van der Waals surface area contributed by atoms with Crippen molar-refractivity contribution in [2.75, 3.05) is 19.6 Å². The number of thioether (sulfide) groups is 1. The van der Waals surface area contributed by atoms with Crippen LogP contribution in [-0.4, -0.2) is 40.0 Å². The van der Waals surface area contributed by atoms with Gasteiger partial charge in [0.15, 0.2) is 11.0 Å². The van der Waals surface area contributed by atoms with Crippen molar-refractivity contribution in [2.24, 2.45) is 12.1 Å². The molecule has 0 atom stereocenters. The first-order chi connectivity index (χ1) is 14.0. The molecule has 0 spiro atoms. The van der Waals surface area contributed by atoms with E-state index in [0.717, 1.165) is 23.1 Å². The molecule has 150 valence electrons. The van der Waals surface area contributed by atoms with Crippen LogP contribution in [0.25, 0.3) is 11.4 Å². The van der Waals surface area contributed by atoms with E-state index in [4.69, 9.17) is 21.1 Å². The molecular weight excluding hydrogens is 414 g/mol. The fourth-order valence-corrected chi connectivity index (χ4v) is 3.18. The van der Waals surface area contributed by atoms with Gasteiger partial charge in [0.25, 0.3) is 0 Å². The Balaban J connectivity index is 1.82. The zero-order valence-electron chi connectivity index (χ0n) is 15.9. The zero-order chi connectivity index (χ0) is 20.8. The van der Waals surface area contributed by atoms with Crippen molar-refractivity contribution in [3.8, 4) is 17.1 Å². The average Bonchev–Trinajstić information content (AvgIpc) is 3.11. The van der Waals surface area contributed by atoms with Crippen LogP contribution in [0.1, 0.15) is 0 Å². The Bertz CT molecular complexity index is 1020. The lowest BCUT2D eigenvalue weighted by Crippen LogP contribution is -2.15. The van der Waals surface area contributed by atoms with Crippen molar-refractivity contribution in [2.45, 2.75) is 5.16 Å². The highest BCUT2D eigenvalue weighted by atomic mass is 35.5. The van der Waals surface area contributed by atoms with E-state index in [0.29, 0.717) is 21.7 Å². The maximum atomic E-state index is 12.1. The fraction of sp³-hybridized carbons (Fsp3) is 0.158. The van der Waals surface area contributed by atoms with Gasteiger partial charge in [0.05, 0.1) is 19.9 Å². The Morgan fingerprint density at radius 3 is 2.41 bits per heavy atom. The molecule has 0 aliphatic rings. The Morgan fingerprint density at radius 2 is 1.79 bits per heavy atom. The summed E-state index contributed by atoms with van der Waals surface area (Å²) in [5, 5.41) is 13.7. The maximum absolute atomic E-state index is 12.1. The van der Waals surface area contributed by atoms with Gasteiger partial charge in [0, 0.05) is 17.6 Å². The Hall–Kier alpha value is -3.04. The molecule has 0 unspecified atom stereocenters. The van der Waals surface area contributed by atoms with Gasteiger partial charge < -0.3 is 14.0 Å². The molecule has 0 aliphatic carbocycles. The minimum atomic E-state index is -0.592. The van der Waals surface area contributed by atoms with Crippen molar-refractivity contribution in [3.05, 3.63) is 53.6 Å². The van der Waals surface area contributed by atoms with Crippen molar-refractivity contribution >= 4 is 40.1 Å². The molecule has 0 bridgehead atoms. The minimum absolute atomic E-state index is 0.0826. The van der Waals surface area contributed by atoms with E-state index in [1.165, 1.54) is 7.11 Å². The van der Waals surface area contributed by atoms with E-state index < -0.39 is 5.97 Å². The molecule has 1 aromatic heterocycles. The molecule has 3 rings (SSSR count). The Labute approximate surface area is 176 Å². The molecule has 0 fully saturated rings. The quantitative estimate of drug-likeness (QED) is 0.216. The van der Waals surface area contributed by atoms with Crippen molar-refractivity contribution in [1.82, 2.24) is 14.8 Å². The van der Waals surface area contributed by atoms with E-state index >= 15 is 0 Å². The number of nitrogens with zero attached hydrogens (tertiary/aromatic N) is 4. The highest BCUT2D eigenvalue weighted by Crippen LogP contribution is 2.25. The Morgan fingerprint density at radius 1 is 1.10 bits per heavy atom. The number of carbonyl (C=O) groups excluding carboxylic acids is 1. The molecule has 2 aromatic carbocycles. The highest BCUT2D eigenvalue weighted by Gasteiger charge is 2.20. The number of carbonyl (C=O) groups is 1. The fourth-order valence-electron chi connectivity index (χ4n) is 2.32. The molecule has 10 heteroatoms. The Kier molecular flexibility index (Phi) is 6.73. The lowest BCUT2D eigenvalue weighted by molar-refractivity contribution is -0.132. The lowest BCUT2D eigenvalue weighted by atomic mass is 10.2. The number of ether oxygens (including phenoxy) is 2. The van der Waals surface area contributed by atoms with Gasteiger partial charge in [-0.15, -0.1) is 10.2 Å². The number of benzene rings is 2. The van der Waals surface area contributed by atoms with Crippen LogP contribution in [0.4, 0.5) is 5.69 Å². The van der Waals surface area contributed by atoms with Crippen LogP contribution in [0.5, 0.6) is 5.75 Å². The van der Waals surface area contributed by atoms with Gasteiger partial charge in [-0.05, 0) is 60.3 Å². The monoisotopic (exact) mass is 431 g/mol. The van der Waals surface area contributed by atoms with Crippen molar-refractivity contribution in [3.63, 3.8) is 0 Å². The summed E-state index contributed by atoms with van der Waals surface area (Å²) in [6.07, 6.45) is 0. The van der Waals surface area contributed by atoms with Crippen LogP contribution >= 0.6 is 23.4 Å². The van der Waals surface area contributed by atoms with Gasteiger partial charge in [-0.3, -0.25) is 5.43 Å². The SMILES string of the molecule is COC(=O)C(=NNc1ccc(Cl)cc1)Sc1nnc(-c2ccc(OC)cc2)n1C. The average molecular weight is 432 g/mol. The van der Waals surface area contributed by atoms with Crippen LogP contribution in [0.2, 0.25) is 5.02 Å².